The maximum absolute atomic E-state index is 12.8. The molecule has 0 aliphatic heterocycles. The fraction of sp³-hybridized carbons (Fsp3) is 0.750. The van der Waals surface area contributed by atoms with Crippen LogP contribution in [0.1, 0.15) is 103 Å². The van der Waals surface area contributed by atoms with Crippen LogP contribution in [-0.2, 0) is 21.4 Å². The fourth-order valence-electron chi connectivity index (χ4n) is 8.45. The summed E-state index contributed by atoms with van der Waals surface area (Å²) in [5.41, 5.74) is 3.18. The maximum atomic E-state index is 12.8. The Morgan fingerprint density at radius 1 is 1.03 bits per heavy atom. The second-order valence-corrected chi connectivity index (χ2v) is 11.9. The molecule has 0 aromatic heterocycles. The van der Waals surface area contributed by atoms with Gasteiger partial charge in [0.05, 0.1) is 0 Å². The van der Waals surface area contributed by atoms with Crippen molar-refractivity contribution in [1.82, 2.24) is 0 Å². The van der Waals surface area contributed by atoms with Crippen molar-refractivity contribution in [3.63, 3.8) is 0 Å². The lowest BCUT2D eigenvalue weighted by atomic mass is 9.43. The first-order chi connectivity index (χ1) is 14.8. The van der Waals surface area contributed by atoms with Crippen molar-refractivity contribution in [2.24, 2.45) is 22.7 Å². The SMILES string of the molecule is C[C@@]12CC[C@H](OC(=O)CCC3CCCC3)[C@@]1(C)CC[C@]1(C)c3ccc(O)cc3CC[C@@H]21. The van der Waals surface area contributed by atoms with Crippen molar-refractivity contribution >= 4 is 5.97 Å². The minimum atomic E-state index is 0.0418. The number of esters is 1. The molecule has 0 radical (unpaired) electrons. The number of carbonyl (C=O) groups is 1. The van der Waals surface area contributed by atoms with Crippen LogP contribution in [-0.4, -0.2) is 17.2 Å². The van der Waals surface area contributed by atoms with Crippen LogP contribution in [0.2, 0.25) is 0 Å². The number of rotatable bonds is 4. The van der Waals surface area contributed by atoms with Crippen molar-refractivity contribution in [3.8, 4) is 5.75 Å². The number of phenolic OH excluding ortho intramolecular Hbond substituents is 1. The Bertz CT molecular complexity index is 856. The van der Waals surface area contributed by atoms with Crippen LogP contribution < -0.4 is 0 Å². The standard InChI is InChI=1S/C28H40O3/c1-26-16-17-28(3)24(31-25(30)13-8-19-6-4-5-7-19)14-15-27(28,2)23(26)12-9-20-18-21(29)10-11-22(20)26/h10-11,18-19,23-24,29H,4-9,12-17H2,1-3H3/t23-,24+,26-,27+,28-/m1/s1. The van der Waals surface area contributed by atoms with Gasteiger partial charge in [-0.15, -0.1) is 0 Å². The molecule has 31 heavy (non-hydrogen) atoms. The van der Waals surface area contributed by atoms with Crippen LogP contribution in [0.25, 0.3) is 0 Å². The highest BCUT2D eigenvalue weighted by molar-refractivity contribution is 5.69. The summed E-state index contributed by atoms with van der Waals surface area (Å²) >= 11 is 0. The van der Waals surface area contributed by atoms with Gasteiger partial charge in [-0.3, -0.25) is 4.79 Å². The van der Waals surface area contributed by atoms with Gasteiger partial charge >= 0.3 is 5.97 Å². The third kappa shape index (κ3) is 3.25. The molecule has 0 bridgehead atoms. The molecule has 0 spiro atoms. The molecule has 5 atom stereocenters. The summed E-state index contributed by atoms with van der Waals surface area (Å²) in [7, 11) is 0. The van der Waals surface area contributed by atoms with E-state index in [-0.39, 0.29) is 28.3 Å². The molecule has 0 heterocycles. The summed E-state index contributed by atoms with van der Waals surface area (Å²) in [4.78, 5) is 12.8. The number of aryl methyl sites for hydroxylation is 1. The summed E-state index contributed by atoms with van der Waals surface area (Å²) in [6.07, 6.45) is 13.6. The minimum Gasteiger partial charge on any atom is -0.508 e. The summed E-state index contributed by atoms with van der Waals surface area (Å²) in [6, 6.07) is 6.03. The summed E-state index contributed by atoms with van der Waals surface area (Å²) in [5.74, 6) is 1.77. The number of ether oxygens (including phenoxy) is 1. The smallest absolute Gasteiger partial charge is 0.306 e. The van der Waals surface area contributed by atoms with Crippen LogP contribution in [0, 0.1) is 22.7 Å². The Kier molecular flexibility index (Phi) is 5.18. The maximum Gasteiger partial charge on any atom is 0.306 e. The van der Waals surface area contributed by atoms with Crippen LogP contribution in [0.4, 0.5) is 0 Å². The third-order valence-electron chi connectivity index (χ3n) is 10.6. The van der Waals surface area contributed by atoms with Crippen LogP contribution >= 0.6 is 0 Å². The number of phenols is 1. The number of aromatic hydroxyl groups is 1. The van der Waals surface area contributed by atoms with Gasteiger partial charge in [0, 0.05) is 11.8 Å². The van der Waals surface area contributed by atoms with Gasteiger partial charge in [-0.1, -0.05) is 52.5 Å². The van der Waals surface area contributed by atoms with Gasteiger partial charge in [-0.05, 0) is 90.9 Å². The molecule has 5 rings (SSSR count). The molecule has 0 saturated heterocycles. The van der Waals surface area contributed by atoms with Crippen molar-refractivity contribution in [1.29, 1.82) is 0 Å². The third-order valence-corrected chi connectivity index (χ3v) is 10.6. The molecule has 3 fully saturated rings. The Morgan fingerprint density at radius 3 is 2.58 bits per heavy atom. The Labute approximate surface area is 188 Å². The van der Waals surface area contributed by atoms with Gasteiger partial charge in [0.25, 0.3) is 0 Å². The highest BCUT2D eigenvalue weighted by atomic mass is 16.5. The average molecular weight is 425 g/mol. The molecule has 4 aliphatic carbocycles. The molecular weight excluding hydrogens is 384 g/mol. The minimum absolute atomic E-state index is 0.0418. The first kappa shape index (κ1) is 21.3. The predicted octanol–water partition coefficient (Wildman–Crippen LogP) is 6.69. The van der Waals surface area contributed by atoms with E-state index in [2.05, 4.69) is 26.8 Å². The van der Waals surface area contributed by atoms with E-state index in [1.165, 1.54) is 43.2 Å². The number of hydrogen-bond acceptors (Lipinski definition) is 3. The number of hydrogen-bond donors (Lipinski definition) is 1. The van der Waals surface area contributed by atoms with Gasteiger partial charge in [0.15, 0.2) is 0 Å². The number of carbonyl (C=O) groups excluding carboxylic acids is 1. The van der Waals surface area contributed by atoms with Crippen molar-refractivity contribution < 1.29 is 14.6 Å². The van der Waals surface area contributed by atoms with Crippen LogP contribution in [0.3, 0.4) is 0 Å². The summed E-state index contributed by atoms with van der Waals surface area (Å²) < 4.78 is 6.23. The summed E-state index contributed by atoms with van der Waals surface area (Å²) in [5, 5.41) is 9.99. The van der Waals surface area contributed by atoms with Crippen LogP contribution in [0.15, 0.2) is 18.2 Å². The van der Waals surface area contributed by atoms with E-state index >= 15 is 0 Å². The van der Waals surface area contributed by atoms with E-state index in [0.29, 0.717) is 18.1 Å². The number of benzene rings is 1. The Balaban J connectivity index is 1.34. The second kappa shape index (κ2) is 7.52. The first-order valence-corrected chi connectivity index (χ1v) is 12.8. The molecule has 3 saturated carbocycles. The van der Waals surface area contributed by atoms with E-state index in [1.807, 2.05) is 12.1 Å². The largest absolute Gasteiger partial charge is 0.508 e. The van der Waals surface area contributed by atoms with Crippen molar-refractivity contribution in [3.05, 3.63) is 29.3 Å². The molecule has 3 heteroatoms. The zero-order valence-electron chi connectivity index (χ0n) is 19.7. The fourth-order valence-corrected chi connectivity index (χ4v) is 8.45. The molecule has 1 aromatic rings. The molecule has 170 valence electrons. The molecule has 3 nitrogen and oxygen atoms in total. The van der Waals surface area contributed by atoms with Gasteiger partial charge in [-0.2, -0.15) is 0 Å². The van der Waals surface area contributed by atoms with Gasteiger partial charge in [0.2, 0.25) is 0 Å². The first-order valence-electron chi connectivity index (χ1n) is 12.8. The highest BCUT2D eigenvalue weighted by Crippen LogP contribution is 2.70. The monoisotopic (exact) mass is 424 g/mol. The quantitative estimate of drug-likeness (QED) is 0.547. The van der Waals surface area contributed by atoms with Crippen molar-refractivity contribution in [2.75, 3.05) is 0 Å². The average Bonchev–Trinajstić information content (AvgIpc) is 3.34. The van der Waals surface area contributed by atoms with E-state index in [9.17, 15) is 9.90 Å². The molecular formula is C28H40O3. The zero-order chi connectivity index (χ0) is 21.9. The Hall–Kier alpha value is -1.51. The molecule has 0 unspecified atom stereocenters. The number of fused-ring (bicyclic) bond motifs is 5. The van der Waals surface area contributed by atoms with E-state index in [0.717, 1.165) is 44.4 Å². The highest BCUT2D eigenvalue weighted by Gasteiger charge is 2.66. The lowest BCUT2D eigenvalue weighted by Gasteiger charge is -2.61. The lowest BCUT2D eigenvalue weighted by molar-refractivity contribution is -0.166. The summed E-state index contributed by atoms with van der Waals surface area (Å²) in [6.45, 7) is 7.37. The molecule has 1 N–H and O–H groups in total. The molecule has 1 aromatic carbocycles. The van der Waals surface area contributed by atoms with Crippen LogP contribution in [0.5, 0.6) is 5.75 Å². The Morgan fingerprint density at radius 2 is 1.81 bits per heavy atom. The van der Waals surface area contributed by atoms with Crippen molar-refractivity contribution in [2.45, 2.75) is 109 Å². The van der Waals surface area contributed by atoms with E-state index in [4.69, 9.17) is 4.74 Å². The lowest BCUT2D eigenvalue weighted by Crippen LogP contribution is -2.57. The van der Waals surface area contributed by atoms with E-state index in [1.54, 1.807) is 0 Å². The van der Waals surface area contributed by atoms with E-state index < -0.39 is 0 Å². The van der Waals surface area contributed by atoms with Gasteiger partial charge in [-0.25, -0.2) is 0 Å². The van der Waals surface area contributed by atoms with Gasteiger partial charge < -0.3 is 9.84 Å². The second-order valence-electron chi connectivity index (χ2n) is 11.9. The van der Waals surface area contributed by atoms with Gasteiger partial charge in [0.1, 0.15) is 11.9 Å². The predicted molar refractivity (Wildman–Crippen MR) is 123 cm³/mol. The topological polar surface area (TPSA) is 46.5 Å². The molecule has 4 aliphatic rings. The zero-order valence-corrected chi connectivity index (χ0v) is 19.7. The molecule has 0 amide bonds. The normalized spacial score (nSPS) is 39.6.